The molecule has 0 aliphatic rings. The zero-order valence-electron chi connectivity index (χ0n) is 10.1. The fourth-order valence-corrected chi connectivity index (χ4v) is 2.77. The quantitative estimate of drug-likeness (QED) is 0.806. The van der Waals surface area contributed by atoms with Crippen LogP contribution in [0.15, 0.2) is 40.3 Å². The summed E-state index contributed by atoms with van der Waals surface area (Å²) in [6, 6.07) is 9.43. The van der Waals surface area contributed by atoms with Crippen LogP contribution in [0.2, 0.25) is 0 Å². The lowest BCUT2D eigenvalue weighted by Crippen LogP contribution is -2.29. The molecular weight excluding hydrogens is 312 g/mol. The second-order valence-corrected chi connectivity index (χ2v) is 5.74. The fraction of sp³-hybridized carbons (Fsp3) is 0.231. The second-order valence-electron chi connectivity index (χ2n) is 3.95. The molecule has 1 unspecified atom stereocenters. The number of hydrogen-bond acceptors (Lipinski definition) is 3. The molecular formula is C13H13BrN2OS. The SMILES string of the molecule is CC(c1cccs1)N(C)C(=O)c1cccc(Br)n1. The first-order chi connectivity index (χ1) is 8.59. The van der Waals surface area contributed by atoms with E-state index in [9.17, 15) is 4.79 Å². The van der Waals surface area contributed by atoms with Gasteiger partial charge in [0.05, 0.1) is 6.04 Å². The molecule has 0 aliphatic carbocycles. The molecule has 1 amide bonds. The highest BCUT2D eigenvalue weighted by Crippen LogP contribution is 2.24. The molecule has 94 valence electrons. The molecule has 0 bridgehead atoms. The molecule has 0 fully saturated rings. The molecule has 3 nitrogen and oxygen atoms in total. The van der Waals surface area contributed by atoms with Crippen LogP contribution in [0.25, 0.3) is 0 Å². The van der Waals surface area contributed by atoms with Gasteiger partial charge in [-0.3, -0.25) is 4.79 Å². The molecule has 2 aromatic heterocycles. The Morgan fingerprint density at radius 3 is 2.78 bits per heavy atom. The van der Waals surface area contributed by atoms with E-state index in [2.05, 4.69) is 20.9 Å². The van der Waals surface area contributed by atoms with Crippen LogP contribution < -0.4 is 0 Å². The molecule has 2 rings (SSSR count). The highest BCUT2D eigenvalue weighted by atomic mass is 79.9. The Hall–Kier alpha value is -1.20. The molecule has 1 atom stereocenters. The summed E-state index contributed by atoms with van der Waals surface area (Å²) in [4.78, 5) is 19.3. The second kappa shape index (κ2) is 5.63. The number of aromatic nitrogens is 1. The molecule has 0 aromatic carbocycles. The largest absolute Gasteiger partial charge is 0.333 e. The predicted molar refractivity (Wildman–Crippen MR) is 76.8 cm³/mol. The van der Waals surface area contributed by atoms with Gasteiger partial charge in [0.15, 0.2) is 0 Å². The lowest BCUT2D eigenvalue weighted by molar-refractivity contribution is 0.0739. The smallest absolute Gasteiger partial charge is 0.272 e. The summed E-state index contributed by atoms with van der Waals surface area (Å²) in [5.41, 5.74) is 0.454. The average molecular weight is 325 g/mol. The van der Waals surface area contributed by atoms with Gasteiger partial charge in [0.25, 0.3) is 5.91 Å². The van der Waals surface area contributed by atoms with Gasteiger partial charge in [0.1, 0.15) is 10.3 Å². The Morgan fingerprint density at radius 2 is 2.17 bits per heavy atom. The van der Waals surface area contributed by atoms with Crippen LogP contribution in [-0.2, 0) is 0 Å². The highest BCUT2D eigenvalue weighted by molar-refractivity contribution is 9.10. The molecule has 0 N–H and O–H groups in total. The van der Waals surface area contributed by atoms with Crippen LogP contribution in [0.5, 0.6) is 0 Å². The van der Waals surface area contributed by atoms with E-state index in [1.807, 2.05) is 30.5 Å². The summed E-state index contributed by atoms with van der Waals surface area (Å²) >= 11 is 4.93. The molecule has 0 spiro atoms. The zero-order chi connectivity index (χ0) is 13.1. The summed E-state index contributed by atoms with van der Waals surface area (Å²) in [6.07, 6.45) is 0. The van der Waals surface area contributed by atoms with Crippen molar-refractivity contribution in [3.63, 3.8) is 0 Å². The minimum atomic E-state index is -0.0720. The van der Waals surface area contributed by atoms with E-state index in [0.717, 1.165) is 0 Å². The minimum Gasteiger partial charge on any atom is -0.333 e. The van der Waals surface area contributed by atoms with Gasteiger partial charge in [-0.25, -0.2) is 4.98 Å². The average Bonchev–Trinajstić information content (AvgIpc) is 2.90. The monoisotopic (exact) mass is 324 g/mol. The number of halogens is 1. The first-order valence-electron chi connectivity index (χ1n) is 5.52. The van der Waals surface area contributed by atoms with Crippen molar-refractivity contribution in [2.75, 3.05) is 7.05 Å². The van der Waals surface area contributed by atoms with Crippen LogP contribution in [-0.4, -0.2) is 22.8 Å². The summed E-state index contributed by atoms with van der Waals surface area (Å²) in [5.74, 6) is -0.0720. The number of amides is 1. The van der Waals surface area contributed by atoms with Gasteiger partial charge < -0.3 is 4.90 Å². The van der Waals surface area contributed by atoms with Gasteiger partial charge >= 0.3 is 0 Å². The fourth-order valence-electron chi connectivity index (χ4n) is 1.60. The number of hydrogen-bond donors (Lipinski definition) is 0. The van der Waals surface area contributed by atoms with Crippen molar-refractivity contribution >= 4 is 33.2 Å². The van der Waals surface area contributed by atoms with Crippen LogP contribution in [0.4, 0.5) is 0 Å². The van der Waals surface area contributed by atoms with Gasteiger partial charge in [-0.1, -0.05) is 12.1 Å². The van der Waals surface area contributed by atoms with Gasteiger partial charge in [-0.2, -0.15) is 0 Å². The normalized spacial score (nSPS) is 12.2. The summed E-state index contributed by atoms with van der Waals surface area (Å²) < 4.78 is 0.672. The number of rotatable bonds is 3. The van der Waals surface area contributed by atoms with Crippen molar-refractivity contribution in [2.24, 2.45) is 0 Å². The van der Waals surface area contributed by atoms with E-state index in [1.54, 1.807) is 35.4 Å². The number of thiophene rings is 1. The molecule has 2 heterocycles. The Morgan fingerprint density at radius 1 is 1.39 bits per heavy atom. The van der Waals surface area contributed by atoms with E-state index >= 15 is 0 Å². The minimum absolute atomic E-state index is 0.0540. The Bertz CT molecular complexity index is 542. The number of carbonyl (C=O) groups excluding carboxylic acids is 1. The Kier molecular flexibility index (Phi) is 4.14. The predicted octanol–water partition coefficient (Wildman–Crippen LogP) is 3.74. The first-order valence-corrected chi connectivity index (χ1v) is 7.20. The van der Waals surface area contributed by atoms with Gasteiger partial charge in [-0.15, -0.1) is 11.3 Å². The van der Waals surface area contributed by atoms with Crippen LogP contribution in [0.1, 0.15) is 28.3 Å². The van der Waals surface area contributed by atoms with Gasteiger partial charge in [0.2, 0.25) is 0 Å². The summed E-state index contributed by atoms with van der Waals surface area (Å²) in [5, 5.41) is 2.02. The maximum atomic E-state index is 12.3. The third-order valence-electron chi connectivity index (χ3n) is 2.79. The number of nitrogens with zero attached hydrogens (tertiary/aromatic N) is 2. The molecule has 0 radical (unpaired) electrons. The standard InChI is InChI=1S/C13H13BrN2OS/c1-9(11-6-4-8-18-11)16(2)13(17)10-5-3-7-12(14)15-10/h3-9H,1-2H3. The van der Waals surface area contributed by atoms with Crippen LogP contribution >= 0.6 is 27.3 Å². The van der Waals surface area contributed by atoms with Gasteiger partial charge in [-0.05, 0) is 46.4 Å². The Labute approximate surface area is 119 Å². The van der Waals surface area contributed by atoms with Crippen molar-refractivity contribution in [1.29, 1.82) is 0 Å². The van der Waals surface area contributed by atoms with E-state index in [1.165, 1.54) is 4.88 Å². The third-order valence-corrected chi connectivity index (χ3v) is 4.27. The topological polar surface area (TPSA) is 33.2 Å². The molecule has 0 aliphatic heterocycles. The lowest BCUT2D eigenvalue weighted by atomic mass is 10.2. The first kappa shape index (κ1) is 13.2. The number of carbonyl (C=O) groups is 1. The number of pyridine rings is 1. The molecule has 0 saturated carbocycles. The molecule has 0 saturated heterocycles. The van der Waals surface area contributed by atoms with Crippen molar-refractivity contribution in [1.82, 2.24) is 9.88 Å². The summed E-state index contributed by atoms with van der Waals surface area (Å²) in [6.45, 7) is 2.02. The van der Waals surface area contributed by atoms with E-state index in [4.69, 9.17) is 0 Å². The van der Waals surface area contributed by atoms with Crippen LogP contribution in [0, 0.1) is 0 Å². The molecule has 18 heavy (non-hydrogen) atoms. The highest BCUT2D eigenvalue weighted by Gasteiger charge is 2.20. The third kappa shape index (κ3) is 2.79. The van der Waals surface area contributed by atoms with E-state index in [0.29, 0.717) is 10.3 Å². The molecule has 2 aromatic rings. The van der Waals surface area contributed by atoms with E-state index < -0.39 is 0 Å². The van der Waals surface area contributed by atoms with Crippen molar-refractivity contribution < 1.29 is 4.79 Å². The maximum Gasteiger partial charge on any atom is 0.272 e. The van der Waals surface area contributed by atoms with Gasteiger partial charge in [0, 0.05) is 11.9 Å². The maximum absolute atomic E-state index is 12.3. The van der Waals surface area contributed by atoms with E-state index in [-0.39, 0.29) is 11.9 Å². The molecule has 5 heteroatoms. The van der Waals surface area contributed by atoms with Crippen molar-refractivity contribution in [3.8, 4) is 0 Å². The van der Waals surface area contributed by atoms with Crippen molar-refractivity contribution in [2.45, 2.75) is 13.0 Å². The lowest BCUT2D eigenvalue weighted by Gasteiger charge is -2.23. The Balaban J connectivity index is 2.19. The van der Waals surface area contributed by atoms with Crippen molar-refractivity contribution in [3.05, 3.63) is 50.9 Å². The summed E-state index contributed by atoms with van der Waals surface area (Å²) in [7, 11) is 1.80. The zero-order valence-corrected chi connectivity index (χ0v) is 12.5. The van der Waals surface area contributed by atoms with Crippen LogP contribution in [0.3, 0.4) is 0 Å².